The molecule has 1 atom stereocenters. The zero-order valence-electron chi connectivity index (χ0n) is 13.9. The highest BCUT2D eigenvalue weighted by Crippen LogP contribution is 2.23. The number of nitrogens with one attached hydrogen (secondary N) is 1. The summed E-state index contributed by atoms with van der Waals surface area (Å²) >= 11 is 1.75. The van der Waals surface area contributed by atoms with E-state index in [9.17, 15) is 4.79 Å². The van der Waals surface area contributed by atoms with Gasteiger partial charge in [-0.05, 0) is 43.9 Å². The van der Waals surface area contributed by atoms with Crippen LogP contribution in [0.5, 0.6) is 0 Å². The first-order chi connectivity index (χ1) is 11.7. The molecule has 0 aliphatic carbocycles. The zero-order valence-corrected chi connectivity index (χ0v) is 14.7. The summed E-state index contributed by atoms with van der Waals surface area (Å²) in [5, 5.41) is 4.23. The molecule has 124 valence electrons. The lowest BCUT2D eigenvalue weighted by molar-refractivity contribution is -0.121. The van der Waals surface area contributed by atoms with Gasteiger partial charge in [-0.1, -0.05) is 42.5 Å². The molecule has 3 nitrogen and oxygen atoms in total. The number of aryl methyl sites for hydroxylation is 1. The molecule has 4 heteroatoms. The van der Waals surface area contributed by atoms with E-state index in [0.717, 1.165) is 35.4 Å². The molecule has 0 fully saturated rings. The number of carbonyl (C=O) groups excluding carboxylic acids is 1. The summed E-state index contributed by atoms with van der Waals surface area (Å²) in [5.41, 5.74) is 2.22. The second kappa shape index (κ2) is 8.06. The van der Waals surface area contributed by atoms with Crippen molar-refractivity contribution in [2.24, 2.45) is 0 Å². The number of fused-ring (bicyclic) bond motifs is 1. The number of nitrogens with zero attached hydrogens (tertiary/aromatic N) is 1. The first-order valence-corrected chi connectivity index (χ1v) is 9.23. The fraction of sp³-hybridized carbons (Fsp3) is 0.300. The first-order valence-electron chi connectivity index (χ1n) is 8.41. The number of amides is 1. The van der Waals surface area contributed by atoms with Crippen molar-refractivity contribution in [2.45, 2.75) is 38.6 Å². The minimum Gasteiger partial charge on any atom is -0.350 e. The van der Waals surface area contributed by atoms with Crippen LogP contribution in [0.4, 0.5) is 0 Å². The summed E-state index contributed by atoms with van der Waals surface area (Å²) in [6, 6.07) is 18.3. The molecule has 24 heavy (non-hydrogen) atoms. The van der Waals surface area contributed by atoms with Crippen LogP contribution >= 0.6 is 11.3 Å². The Bertz CT molecular complexity index is 765. The van der Waals surface area contributed by atoms with E-state index in [2.05, 4.69) is 16.4 Å². The van der Waals surface area contributed by atoms with E-state index in [0.29, 0.717) is 6.42 Å². The molecule has 1 amide bonds. The summed E-state index contributed by atoms with van der Waals surface area (Å²) in [7, 11) is 0. The predicted molar refractivity (Wildman–Crippen MR) is 100 cm³/mol. The number of aromatic nitrogens is 1. The van der Waals surface area contributed by atoms with Gasteiger partial charge in [0.1, 0.15) is 0 Å². The van der Waals surface area contributed by atoms with E-state index in [-0.39, 0.29) is 11.9 Å². The van der Waals surface area contributed by atoms with Gasteiger partial charge in [0.15, 0.2) is 0 Å². The monoisotopic (exact) mass is 338 g/mol. The lowest BCUT2D eigenvalue weighted by atomic mass is 10.1. The summed E-state index contributed by atoms with van der Waals surface area (Å²) in [4.78, 5) is 16.7. The van der Waals surface area contributed by atoms with Crippen LogP contribution in [0.1, 0.15) is 42.8 Å². The average Bonchev–Trinajstić information content (AvgIpc) is 3.02. The number of para-hydroxylation sites is 1. The lowest BCUT2D eigenvalue weighted by Crippen LogP contribution is -2.26. The molecule has 3 aromatic rings. The Morgan fingerprint density at radius 2 is 1.83 bits per heavy atom. The van der Waals surface area contributed by atoms with Crippen LogP contribution in [0, 0.1) is 0 Å². The van der Waals surface area contributed by atoms with Gasteiger partial charge in [0.25, 0.3) is 0 Å². The Morgan fingerprint density at radius 3 is 2.62 bits per heavy atom. The minimum atomic E-state index is 0.0583. The van der Waals surface area contributed by atoms with Crippen molar-refractivity contribution in [3.8, 4) is 0 Å². The molecule has 3 rings (SSSR count). The standard InChI is InChI=1S/C20H22N2OS/c1-15(16-9-3-2-4-10-16)21-19(23)13-7-8-14-20-22-17-11-5-6-12-18(17)24-20/h2-6,9-12,15H,7-8,13-14H2,1H3,(H,21,23)/t15-/m0/s1. The van der Waals surface area contributed by atoms with Crippen molar-refractivity contribution in [3.63, 3.8) is 0 Å². The fourth-order valence-electron chi connectivity index (χ4n) is 2.73. The van der Waals surface area contributed by atoms with E-state index in [4.69, 9.17) is 0 Å². The SMILES string of the molecule is C[C@H](NC(=O)CCCCc1nc2ccccc2s1)c1ccccc1. The largest absolute Gasteiger partial charge is 0.350 e. The van der Waals surface area contributed by atoms with E-state index in [1.165, 1.54) is 4.70 Å². The van der Waals surface area contributed by atoms with Crippen LogP contribution in [-0.2, 0) is 11.2 Å². The van der Waals surface area contributed by atoms with Crippen LogP contribution in [0.15, 0.2) is 54.6 Å². The molecule has 0 radical (unpaired) electrons. The van der Waals surface area contributed by atoms with E-state index in [1.54, 1.807) is 11.3 Å². The molecule has 1 N–H and O–H groups in total. The van der Waals surface area contributed by atoms with Gasteiger partial charge in [0, 0.05) is 6.42 Å². The third-order valence-electron chi connectivity index (χ3n) is 4.06. The number of hydrogen-bond donors (Lipinski definition) is 1. The normalized spacial score (nSPS) is 12.2. The Labute approximate surface area is 146 Å². The number of thiazole rings is 1. The molecule has 1 aromatic heterocycles. The summed E-state index contributed by atoms with van der Waals surface area (Å²) in [6.45, 7) is 2.02. The summed E-state index contributed by atoms with van der Waals surface area (Å²) in [6.07, 6.45) is 3.40. The van der Waals surface area contributed by atoms with Gasteiger partial charge in [0.2, 0.25) is 5.91 Å². The maximum absolute atomic E-state index is 12.1. The molecule has 0 unspecified atom stereocenters. The van der Waals surface area contributed by atoms with Gasteiger partial charge in [-0.2, -0.15) is 0 Å². The van der Waals surface area contributed by atoms with Gasteiger partial charge in [-0.25, -0.2) is 4.98 Å². The molecule has 0 bridgehead atoms. The van der Waals surface area contributed by atoms with Crippen LogP contribution in [0.25, 0.3) is 10.2 Å². The van der Waals surface area contributed by atoms with E-state index in [1.807, 2.05) is 55.5 Å². The van der Waals surface area contributed by atoms with Crippen molar-refractivity contribution >= 4 is 27.5 Å². The van der Waals surface area contributed by atoms with Crippen molar-refractivity contribution in [1.29, 1.82) is 0 Å². The molecule has 0 saturated carbocycles. The van der Waals surface area contributed by atoms with Crippen molar-refractivity contribution < 1.29 is 4.79 Å². The number of benzene rings is 2. The Morgan fingerprint density at radius 1 is 1.08 bits per heavy atom. The number of hydrogen-bond acceptors (Lipinski definition) is 3. The zero-order chi connectivity index (χ0) is 16.8. The fourth-order valence-corrected chi connectivity index (χ4v) is 3.74. The molecule has 0 aliphatic heterocycles. The third kappa shape index (κ3) is 4.42. The van der Waals surface area contributed by atoms with E-state index < -0.39 is 0 Å². The molecular weight excluding hydrogens is 316 g/mol. The maximum atomic E-state index is 12.1. The van der Waals surface area contributed by atoms with Crippen LogP contribution < -0.4 is 5.32 Å². The molecule has 2 aromatic carbocycles. The highest BCUT2D eigenvalue weighted by molar-refractivity contribution is 7.18. The Hall–Kier alpha value is -2.20. The van der Waals surface area contributed by atoms with Crippen LogP contribution in [0.3, 0.4) is 0 Å². The third-order valence-corrected chi connectivity index (χ3v) is 5.16. The lowest BCUT2D eigenvalue weighted by Gasteiger charge is -2.14. The summed E-state index contributed by atoms with van der Waals surface area (Å²) in [5.74, 6) is 0.121. The molecule has 1 heterocycles. The second-order valence-corrected chi connectivity index (χ2v) is 7.10. The van der Waals surface area contributed by atoms with Gasteiger partial charge >= 0.3 is 0 Å². The predicted octanol–water partition coefficient (Wildman–Crippen LogP) is 4.89. The topological polar surface area (TPSA) is 42.0 Å². The van der Waals surface area contributed by atoms with Gasteiger partial charge in [-0.3, -0.25) is 4.79 Å². The van der Waals surface area contributed by atoms with Crippen molar-refractivity contribution in [3.05, 3.63) is 65.2 Å². The highest BCUT2D eigenvalue weighted by Gasteiger charge is 2.09. The smallest absolute Gasteiger partial charge is 0.220 e. The van der Waals surface area contributed by atoms with Crippen LogP contribution in [0.2, 0.25) is 0 Å². The molecular formula is C20H22N2OS. The number of rotatable bonds is 7. The maximum Gasteiger partial charge on any atom is 0.220 e. The first kappa shape index (κ1) is 16.7. The summed E-state index contributed by atoms with van der Waals surface area (Å²) < 4.78 is 1.24. The highest BCUT2D eigenvalue weighted by atomic mass is 32.1. The average molecular weight is 338 g/mol. The Balaban J connectivity index is 1.40. The van der Waals surface area contributed by atoms with Crippen LogP contribution in [-0.4, -0.2) is 10.9 Å². The van der Waals surface area contributed by atoms with E-state index >= 15 is 0 Å². The molecule has 0 saturated heterocycles. The number of unbranched alkanes of at least 4 members (excludes halogenated alkanes) is 1. The quantitative estimate of drug-likeness (QED) is 0.623. The van der Waals surface area contributed by atoms with Crippen molar-refractivity contribution in [1.82, 2.24) is 10.3 Å². The minimum absolute atomic E-state index is 0.0583. The molecule has 0 spiro atoms. The second-order valence-electron chi connectivity index (χ2n) is 5.98. The van der Waals surface area contributed by atoms with Gasteiger partial charge < -0.3 is 5.32 Å². The van der Waals surface area contributed by atoms with Gasteiger partial charge in [0.05, 0.1) is 21.3 Å². The van der Waals surface area contributed by atoms with Crippen molar-refractivity contribution in [2.75, 3.05) is 0 Å². The number of carbonyl (C=O) groups is 1. The Kier molecular flexibility index (Phi) is 5.59. The molecule has 0 aliphatic rings. The van der Waals surface area contributed by atoms with Gasteiger partial charge in [-0.15, -0.1) is 11.3 Å².